The van der Waals surface area contributed by atoms with Crippen molar-refractivity contribution >= 4 is 10.0 Å². The van der Waals surface area contributed by atoms with Crippen LogP contribution in [0, 0.1) is 0 Å². The van der Waals surface area contributed by atoms with Crippen molar-refractivity contribution in [2.24, 2.45) is 5.14 Å². The van der Waals surface area contributed by atoms with Gasteiger partial charge in [0.15, 0.2) is 0 Å². The second-order valence-electron chi connectivity index (χ2n) is 6.99. The van der Waals surface area contributed by atoms with Crippen molar-refractivity contribution in [2.75, 3.05) is 12.9 Å². The molecule has 0 fully saturated rings. The molecule has 1 aromatic heterocycles. The van der Waals surface area contributed by atoms with E-state index in [-0.39, 0.29) is 23.1 Å². The Hall–Kier alpha value is -2.12. The first-order valence-corrected chi connectivity index (χ1v) is 9.64. The summed E-state index contributed by atoms with van der Waals surface area (Å²) < 4.78 is 28.3. The number of benzene rings is 1. The molecule has 0 aliphatic carbocycles. The Morgan fingerprint density at radius 2 is 1.88 bits per heavy atom. The maximum absolute atomic E-state index is 12.3. The summed E-state index contributed by atoms with van der Waals surface area (Å²) in [4.78, 5) is 14.9. The molecule has 6 nitrogen and oxygen atoms in total. The zero-order valence-corrected chi connectivity index (χ0v) is 15.7. The monoisotopic (exact) mass is 364 g/mol. The quantitative estimate of drug-likeness (QED) is 0.849. The lowest BCUT2D eigenvalue weighted by atomic mass is 9.83. The lowest BCUT2D eigenvalue weighted by Crippen LogP contribution is -2.19. The van der Waals surface area contributed by atoms with Gasteiger partial charge >= 0.3 is 0 Å². The van der Waals surface area contributed by atoms with Crippen molar-refractivity contribution in [3.8, 4) is 16.9 Å². The van der Waals surface area contributed by atoms with Crippen LogP contribution in [0.4, 0.5) is 0 Å². The van der Waals surface area contributed by atoms with Crippen LogP contribution >= 0.6 is 0 Å². The average molecular weight is 364 g/mol. The third-order valence-electron chi connectivity index (χ3n) is 4.00. The Morgan fingerprint density at radius 1 is 1.20 bits per heavy atom. The molecule has 136 valence electrons. The highest BCUT2D eigenvalue weighted by molar-refractivity contribution is 7.89. The second kappa shape index (κ2) is 7.01. The molecule has 3 N–H and O–H groups in total. The number of H-pyrrole nitrogens is 1. The minimum Gasteiger partial charge on any atom is -0.496 e. The number of primary sulfonamides is 1. The Morgan fingerprint density at radius 3 is 2.40 bits per heavy atom. The first-order chi connectivity index (χ1) is 11.5. The van der Waals surface area contributed by atoms with E-state index in [1.807, 2.05) is 26.8 Å². The highest BCUT2D eigenvalue weighted by Crippen LogP contribution is 2.37. The molecule has 1 heterocycles. The molecule has 0 saturated carbocycles. The third kappa shape index (κ3) is 4.70. The predicted molar refractivity (Wildman–Crippen MR) is 99.4 cm³/mol. The summed E-state index contributed by atoms with van der Waals surface area (Å²) in [6, 6.07) is 7.16. The van der Waals surface area contributed by atoms with E-state index in [1.54, 1.807) is 31.5 Å². The molecule has 0 amide bonds. The van der Waals surface area contributed by atoms with E-state index >= 15 is 0 Å². The summed E-state index contributed by atoms with van der Waals surface area (Å²) in [5.74, 6) is 0.455. The van der Waals surface area contributed by atoms with Crippen molar-refractivity contribution in [3.63, 3.8) is 0 Å². The molecular weight excluding hydrogens is 340 g/mol. The Bertz CT molecular complexity index is 925. The zero-order chi connectivity index (χ0) is 18.8. The summed E-state index contributed by atoms with van der Waals surface area (Å²) in [5, 5.41) is 5.14. The van der Waals surface area contributed by atoms with Gasteiger partial charge in [-0.05, 0) is 47.2 Å². The highest BCUT2D eigenvalue weighted by atomic mass is 32.2. The number of methoxy groups -OCH3 is 1. The number of ether oxygens (including phenoxy) is 1. The maximum atomic E-state index is 12.3. The first kappa shape index (κ1) is 19.2. The van der Waals surface area contributed by atoms with Gasteiger partial charge in [-0.25, -0.2) is 13.6 Å². The SMILES string of the molecule is COc1cc(CCS(N)(=O)=O)c(-c2ccc[nH]c2=O)cc1C(C)(C)C. The molecule has 0 aliphatic heterocycles. The van der Waals surface area contributed by atoms with E-state index in [1.165, 1.54) is 0 Å². The van der Waals surface area contributed by atoms with E-state index in [9.17, 15) is 13.2 Å². The minimum absolute atomic E-state index is 0.198. The van der Waals surface area contributed by atoms with Gasteiger partial charge in [0.25, 0.3) is 5.56 Å². The lowest BCUT2D eigenvalue weighted by Gasteiger charge is -2.24. The van der Waals surface area contributed by atoms with Crippen LogP contribution in [0.15, 0.2) is 35.3 Å². The first-order valence-electron chi connectivity index (χ1n) is 7.93. The van der Waals surface area contributed by atoms with Gasteiger partial charge in [-0.2, -0.15) is 0 Å². The number of nitrogens with two attached hydrogens (primary N) is 1. The molecule has 0 atom stereocenters. The van der Waals surface area contributed by atoms with Gasteiger partial charge < -0.3 is 9.72 Å². The predicted octanol–water partition coefficient (Wildman–Crippen LogP) is 2.18. The van der Waals surface area contributed by atoms with Gasteiger partial charge in [0.1, 0.15) is 5.75 Å². The molecular formula is C18H24N2O4S. The molecule has 0 bridgehead atoms. The Kier molecular flexibility index (Phi) is 5.39. The van der Waals surface area contributed by atoms with Crippen LogP contribution < -0.4 is 15.4 Å². The molecule has 2 aromatic rings. The minimum atomic E-state index is -3.62. The number of aryl methyl sites for hydroxylation is 1. The summed E-state index contributed by atoms with van der Waals surface area (Å²) in [6.07, 6.45) is 1.76. The summed E-state index contributed by atoms with van der Waals surface area (Å²) in [6.45, 7) is 6.15. The van der Waals surface area contributed by atoms with E-state index in [2.05, 4.69) is 4.98 Å². The van der Waals surface area contributed by atoms with Crippen LogP contribution in [0.5, 0.6) is 5.75 Å². The van der Waals surface area contributed by atoms with Gasteiger partial charge in [0, 0.05) is 17.3 Å². The van der Waals surface area contributed by atoms with Crippen molar-refractivity contribution in [1.82, 2.24) is 4.98 Å². The van der Waals surface area contributed by atoms with Gasteiger partial charge in [-0.15, -0.1) is 0 Å². The number of aromatic nitrogens is 1. The topological polar surface area (TPSA) is 102 Å². The average Bonchev–Trinajstić information content (AvgIpc) is 2.51. The molecule has 0 radical (unpaired) electrons. The van der Waals surface area contributed by atoms with Crippen molar-refractivity contribution in [2.45, 2.75) is 32.6 Å². The number of rotatable bonds is 5. The zero-order valence-electron chi connectivity index (χ0n) is 14.9. The number of hydrogen-bond donors (Lipinski definition) is 2. The smallest absolute Gasteiger partial charge is 0.255 e. The third-order valence-corrected chi connectivity index (χ3v) is 4.77. The van der Waals surface area contributed by atoms with Gasteiger partial charge in [0.05, 0.1) is 12.9 Å². The molecule has 2 rings (SSSR count). The molecule has 1 aromatic carbocycles. The maximum Gasteiger partial charge on any atom is 0.255 e. The standard InChI is InChI=1S/C18H24N2O4S/c1-18(2,3)15-11-14(13-6-5-8-20-17(13)21)12(10-16(15)24-4)7-9-25(19,22)23/h5-6,8,10-11H,7,9H2,1-4H3,(H,20,21)(H2,19,22,23). The number of sulfonamides is 1. The number of aromatic amines is 1. The van der Waals surface area contributed by atoms with Crippen LogP contribution in [0.3, 0.4) is 0 Å². The lowest BCUT2D eigenvalue weighted by molar-refractivity contribution is 0.397. The molecule has 0 spiro atoms. The van der Waals surface area contributed by atoms with Gasteiger partial charge in [-0.3, -0.25) is 4.79 Å². The fourth-order valence-corrected chi connectivity index (χ4v) is 3.22. The molecule has 25 heavy (non-hydrogen) atoms. The summed E-state index contributed by atoms with van der Waals surface area (Å²) in [5.41, 5.74) is 2.38. The highest BCUT2D eigenvalue weighted by Gasteiger charge is 2.23. The van der Waals surface area contributed by atoms with E-state index in [0.29, 0.717) is 22.4 Å². The van der Waals surface area contributed by atoms with Crippen LogP contribution in [-0.2, 0) is 21.9 Å². The number of nitrogens with one attached hydrogen (secondary N) is 1. The molecule has 0 aliphatic rings. The van der Waals surface area contributed by atoms with E-state index in [0.717, 1.165) is 5.56 Å². The van der Waals surface area contributed by atoms with Crippen molar-refractivity contribution in [1.29, 1.82) is 0 Å². The fourth-order valence-electron chi connectivity index (χ4n) is 2.72. The van der Waals surface area contributed by atoms with Crippen LogP contribution in [-0.4, -0.2) is 26.3 Å². The van der Waals surface area contributed by atoms with Crippen LogP contribution in [0.1, 0.15) is 31.9 Å². The van der Waals surface area contributed by atoms with Crippen LogP contribution in [0.25, 0.3) is 11.1 Å². The second-order valence-corrected chi connectivity index (χ2v) is 8.72. The summed E-state index contributed by atoms with van der Waals surface area (Å²) >= 11 is 0. The fraction of sp³-hybridized carbons (Fsp3) is 0.389. The van der Waals surface area contributed by atoms with Gasteiger partial charge in [0.2, 0.25) is 10.0 Å². The summed E-state index contributed by atoms with van der Waals surface area (Å²) in [7, 11) is -2.04. The van der Waals surface area contributed by atoms with E-state index in [4.69, 9.17) is 9.88 Å². The van der Waals surface area contributed by atoms with Crippen molar-refractivity contribution < 1.29 is 13.2 Å². The Labute approximate surface area is 148 Å². The van der Waals surface area contributed by atoms with Crippen molar-refractivity contribution in [3.05, 3.63) is 51.9 Å². The molecule has 0 saturated heterocycles. The molecule has 0 unspecified atom stereocenters. The number of hydrogen-bond acceptors (Lipinski definition) is 4. The number of pyridine rings is 1. The molecule has 7 heteroatoms. The van der Waals surface area contributed by atoms with Gasteiger partial charge in [-0.1, -0.05) is 20.8 Å². The normalized spacial score (nSPS) is 12.2. The van der Waals surface area contributed by atoms with Crippen LogP contribution in [0.2, 0.25) is 0 Å². The van der Waals surface area contributed by atoms with E-state index < -0.39 is 10.0 Å². The largest absolute Gasteiger partial charge is 0.496 e. The Balaban J connectivity index is 2.72.